The van der Waals surface area contributed by atoms with Crippen molar-refractivity contribution in [2.24, 2.45) is 11.0 Å². The van der Waals surface area contributed by atoms with Crippen LogP contribution in [-0.4, -0.2) is 41.8 Å². The van der Waals surface area contributed by atoms with Crippen LogP contribution in [0.2, 0.25) is 0 Å². The summed E-state index contributed by atoms with van der Waals surface area (Å²) in [6.45, 7) is 2.47. The number of hydrazone groups is 1. The molecule has 2 aliphatic heterocycles. The molecule has 0 spiro atoms. The van der Waals surface area contributed by atoms with Gasteiger partial charge in [-0.1, -0.05) is 53.2 Å². The summed E-state index contributed by atoms with van der Waals surface area (Å²) in [6.07, 6.45) is -0.587. The average Bonchev–Trinajstić information content (AvgIpc) is 3.26. The van der Waals surface area contributed by atoms with E-state index in [1.54, 1.807) is 5.01 Å². The lowest BCUT2D eigenvalue weighted by Crippen LogP contribution is -2.48. The van der Waals surface area contributed by atoms with E-state index >= 15 is 0 Å². The molecule has 1 fully saturated rings. The molecule has 0 bridgehead atoms. The van der Waals surface area contributed by atoms with Gasteiger partial charge in [0, 0.05) is 10.4 Å². The van der Waals surface area contributed by atoms with Crippen molar-refractivity contribution in [1.82, 2.24) is 4.90 Å². The number of ether oxygens (including phenoxy) is 1. The summed E-state index contributed by atoms with van der Waals surface area (Å²) in [5, 5.41) is 6.49. The van der Waals surface area contributed by atoms with Crippen molar-refractivity contribution in [2.45, 2.75) is 13.0 Å². The molecular formula is C20H18BrN3O3. The Morgan fingerprint density at radius 2 is 1.85 bits per heavy atom. The zero-order chi connectivity index (χ0) is 19.0. The Bertz CT molecular complexity index is 898. The van der Waals surface area contributed by atoms with Gasteiger partial charge < -0.3 is 4.74 Å². The smallest absolute Gasteiger partial charge is 0.416 e. The summed E-state index contributed by atoms with van der Waals surface area (Å²) in [5.74, 6) is -0.473. The fourth-order valence-electron chi connectivity index (χ4n) is 3.44. The maximum atomic E-state index is 13.2. The molecule has 6 nitrogen and oxygen atoms in total. The first-order valence-electron chi connectivity index (χ1n) is 8.73. The maximum absolute atomic E-state index is 13.2. The molecule has 0 aliphatic carbocycles. The minimum Gasteiger partial charge on any atom is -0.447 e. The van der Waals surface area contributed by atoms with E-state index in [1.807, 2.05) is 61.5 Å². The SMILES string of the molecule is C[C@@H]1C(c2ccccc2)=NN(c2ccc(Br)cc2)[C@H]1C(=O)N1CCOC1=O. The number of hydrogen-bond acceptors (Lipinski definition) is 5. The average molecular weight is 428 g/mol. The fraction of sp³-hybridized carbons (Fsp3) is 0.250. The number of carbonyl (C=O) groups is 2. The van der Waals surface area contributed by atoms with Crippen LogP contribution in [0.1, 0.15) is 12.5 Å². The third kappa shape index (κ3) is 3.23. The van der Waals surface area contributed by atoms with Crippen LogP contribution in [0, 0.1) is 5.92 Å². The third-order valence-electron chi connectivity index (χ3n) is 4.82. The van der Waals surface area contributed by atoms with Gasteiger partial charge in [0.15, 0.2) is 0 Å². The Hall–Kier alpha value is -2.67. The number of amides is 2. The number of nitrogens with zero attached hydrogens (tertiary/aromatic N) is 3. The summed E-state index contributed by atoms with van der Waals surface area (Å²) in [7, 11) is 0. The van der Waals surface area contributed by atoms with Gasteiger partial charge in [0.1, 0.15) is 12.6 Å². The van der Waals surface area contributed by atoms with E-state index in [-0.39, 0.29) is 25.0 Å². The molecule has 2 heterocycles. The molecule has 4 rings (SSSR count). The first kappa shape index (κ1) is 17.7. The van der Waals surface area contributed by atoms with Gasteiger partial charge in [-0.2, -0.15) is 5.10 Å². The van der Waals surface area contributed by atoms with Crippen LogP contribution >= 0.6 is 15.9 Å². The molecule has 7 heteroatoms. The monoisotopic (exact) mass is 427 g/mol. The predicted octanol–water partition coefficient (Wildman–Crippen LogP) is 3.66. The summed E-state index contributed by atoms with van der Waals surface area (Å²) in [4.78, 5) is 26.3. The second-order valence-corrected chi connectivity index (χ2v) is 7.43. The quantitative estimate of drug-likeness (QED) is 0.749. The highest BCUT2D eigenvalue weighted by Crippen LogP contribution is 2.33. The van der Waals surface area contributed by atoms with Gasteiger partial charge in [-0.05, 0) is 29.8 Å². The largest absolute Gasteiger partial charge is 0.447 e. The molecule has 2 aromatic carbocycles. The van der Waals surface area contributed by atoms with Crippen LogP contribution in [0.3, 0.4) is 0 Å². The summed E-state index contributed by atoms with van der Waals surface area (Å²) < 4.78 is 5.90. The van der Waals surface area contributed by atoms with Gasteiger partial charge in [0.05, 0.1) is 17.9 Å². The molecule has 1 saturated heterocycles. The molecule has 2 amide bonds. The molecule has 0 N–H and O–H groups in total. The van der Waals surface area contributed by atoms with E-state index in [2.05, 4.69) is 15.9 Å². The van der Waals surface area contributed by atoms with E-state index in [9.17, 15) is 9.59 Å². The zero-order valence-corrected chi connectivity index (χ0v) is 16.3. The third-order valence-corrected chi connectivity index (χ3v) is 5.35. The second-order valence-electron chi connectivity index (χ2n) is 6.51. The van der Waals surface area contributed by atoms with Crippen molar-refractivity contribution < 1.29 is 14.3 Å². The van der Waals surface area contributed by atoms with Crippen LogP contribution in [0.4, 0.5) is 10.5 Å². The number of rotatable bonds is 3. The predicted molar refractivity (Wildman–Crippen MR) is 106 cm³/mol. The normalized spacial score (nSPS) is 22.0. The van der Waals surface area contributed by atoms with Gasteiger partial charge in [-0.3, -0.25) is 9.80 Å². The fourth-order valence-corrected chi connectivity index (χ4v) is 3.71. The highest BCUT2D eigenvalue weighted by Gasteiger charge is 2.45. The number of benzene rings is 2. The van der Waals surface area contributed by atoms with Gasteiger partial charge in [-0.15, -0.1) is 0 Å². The molecule has 2 aliphatic rings. The molecule has 0 aromatic heterocycles. The molecule has 0 saturated carbocycles. The summed E-state index contributed by atoms with van der Waals surface area (Å²) >= 11 is 3.43. The Morgan fingerprint density at radius 3 is 2.48 bits per heavy atom. The maximum Gasteiger partial charge on any atom is 0.416 e. The van der Waals surface area contributed by atoms with Gasteiger partial charge in [0.25, 0.3) is 5.91 Å². The summed E-state index contributed by atoms with van der Waals surface area (Å²) in [6, 6.07) is 16.8. The van der Waals surface area contributed by atoms with Gasteiger partial charge in [0.2, 0.25) is 0 Å². The van der Waals surface area contributed by atoms with Crippen LogP contribution in [0.5, 0.6) is 0 Å². The molecule has 0 radical (unpaired) electrons. The molecule has 138 valence electrons. The Morgan fingerprint density at radius 1 is 1.15 bits per heavy atom. The summed E-state index contributed by atoms with van der Waals surface area (Å²) in [5.41, 5.74) is 2.58. The number of cyclic esters (lactones) is 1. The molecule has 2 atom stereocenters. The van der Waals surface area contributed by atoms with Crippen molar-refractivity contribution >= 4 is 39.3 Å². The number of halogens is 1. The minimum atomic E-state index is -0.605. The van der Waals surface area contributed by atoms with Gasteiger partial charge in [-0.25, -0.2) is 9.69 Å². The van der Waals surface area contributed by atoms with Crippen LogP contribution < -0.4 is 5.01 Å². The number of imide groups is 1. The molecular weight excluding hydrogens is 410 g/mol. The lowest BCUT2D eigenvalue weighted by Gasteiger charge is -2.27. The Balaban J connectivity index is 1.74. The first-order valence-corrected chi connectivity index (χ1v) is 9.52. The number of carbonyl (C=O) groups excluding carboxylic acids is 2. The van der Waals surface area contributed by atoms with Crippen molar-refractivity contribution in [3.8, 4) is 0 Å². The van der Waals surface area contributed by atoms with Crippen molar-refractivity contribution in [3.63, 3.8) is 0 Å². The van der Waals surface area contributed by atoms with E-state index < -0.39 is 12.1 Å². The van der Waals surface area contributed by atoms with E-state index in [1.165, 1.54) is 4.90 Å². The van der Waals surface area contributed by atoms with Crippen LogP contribution in [0.25, 0.3) is 0 Å². The Kier molecular flexibility index (Phi) is 4.70. The Labute approximate surface area is 165 Å². The second kappa shape index (κ2) is 7.15. The highest BCUT2D eigenvalue weighted by molar-refractivity contribution is 9.10. The zero-order valence-electron chi connectivity index (χ0n) is 14.7. The number of anilines is 1. The standard InChI is InChI=1S/C20H18BrN3O3/c1-13-17(14-5-3-2-4-6-14)22-24(16-9-7-15(21)8-10-16)18(13)19(25)23-11-12-27-20(23)26/h2-10,13,18H,11-12H2,1H3/t13-,18-/m1/s1. The van der Waals surface area contributed by atoms with Crippen LogP contribution in [-0.2, 0) is 9.53 Å². The highest BCUT2D eigenvalue weighted by atomic mass is 79.9. The van der Waals surface area contributed by atoms with E-state index in [0.29, 0.717) is 0 Å². The van der Waals surface area contributed by atoms with Crippen LogP contribution in [0.15, 0.2) is 64.2 Å². The van der Waals surface area contributed by atoms with Gasteiger partial charge >= 0.3 is 6.09 Å². The first-order chi connectivity index (χ1) is 13.1. The number of hydrogen-bond donors (Lipinski definition) is 0. The van der Waals surface area contributed by atoms with Crippen molar-refractivity contribution in [2.75, 3.05) is 18.2 Å². The van der Waals surface area contributed by atoms with E-state index in [4.69, 9.17) is 9.84 Å². The van der Waals surface area contributed by atoms with E-state index in [0.717, 1.165) is 21.4 Å². The van der Waals surface area contributed by atoms with Crippen molar-refractivity contribution in [1.29, 1.82) is 0 Å². The molecule has 0 unspecified atom stereocenters. The lowest BCUT2D eigenvalue weighted by atomic mass is 9.92. The topological polar surface area (TPSA) is 62.2 Å². The minimum absolute atomic E-state index is 0.183. The lowest BCUT2D eigenvalue weighted by molar-refractivity contribution is -0.129. The molecule has 27 heavy (non-hydrogen) atoms. The molecule has 2 aromatic rings. The van der Waals surface area contributed by atoms with Crippen molar-refractivity contribution in [3.05, 3.63) is 64.6 Å².